The van der Waals surface area contributed by atoms with Gasteiger partial charge in [0.25, 0.3) is 0 Å². The van der Waals surface area contributed by atoms with Crippen LogP contribution in [0.3, 0.4) is 0 Å². The molecule has 0 radical (unpaired) electrons. The molecule has 0 spiro atoms. The topological polar surface area (TPSA) is 83.0 Å². The molecule has 27 heavy (non-hydrogen) atoms. The van der Waals surface area contributed by atoms with Crippen molar-refractivity contribution in [1.82, 2.24) is 14.9 Å². The van der Waals surface area contributed by atoms with Crippen LogP contribution in [0, 0.1) is 0 Å². The summed E-state index contributed by atoms with van der Waals surface area (Å²) >= 11 is 0. The van der Waals surface area contributed by atoms with Gasteiger partial charge >= 0.3 is 0 Å². The number of rotatable bonds is 8. The summed E-state index contributed by atoms with van der Waals surface area (Å²) in [6.07, 6.45) is 2.95. The lowest BCUT2D eigenvalue weighted by atomic mass is 10.2. The maximum atomic E-state index is 13.0. The molecular weight excluding hydrogens is 479 g/mol. The number of nitrogens with zero attached hydrogens (tertiary/aromatic N) is 2. The quantitative estimate of drug-likeness (QED) is 0.243. The molecule has 1 aromatic rings. The molecule has 7 nitrogen and oxygen atoms in total. The van der Waals surface area contributed by atoms with E-state index in [1.165, 1.54) is 0 Å². The Morgan fingerprint density at radius 3 is 2.56 bits per heavy atom. The van der Waals surface area contributed by atoms with Gasteiger partial charge in [-0.15, -0.1) is 24.0 Å². The Balaban J connectivity index is 0.00000364. The van der Waals surface area contributed by atoms with Crippen molar-refractivity contribution in [2.24, 2.45) is 4.99 Å². The van der Waals surface area contributed by atoms with E-state index in [0.29, 0.717) is 50.2 Å². The zero-order valence-electron chi connectivity index (χ0n) is 16.1. The van der Waals surface area contributed by atoms with E-state index < -0.39 is 10.0 Å². The van der Waals surface area contributed by atoms with Crippen molar-refractivity contribution in [2.45, 2.75) is 37.6 Å². The largest absolute Gasteiger partial charge is 0.380 e. The summed E-state index contributed by atoms with van der Waals surface area (Å²) < 4.78 is 32.9. The summed E-state index contributed by atoms with van der Waals surface area (Å²) in [6.45, 7) is 5.45. The Labute approximate surface area is 180 Å². The van der Waals surface area contributed by atoms with Gasteiger partial charge in [-0.25, -0.2) is 8.42 Å². The molecule has 0 unspecified atom stereocenters. The molecule has 1 aromatic carbocycles. The molecule has 1 aliphatic rings. The third-order valence-electron chi connectivity index (χ3n) is 4.32. The van der Waals surface area contributed by atoms with Crippen LogP contribution in [0.4, 0.5) is 0 Å². The molecule has 0 aliphatic carbocycles. The first-order valence-corrected chi connectivity index (χ1v) is 10.6. The van der Waals surface area contributed by atoms with Gasteiger partial charge in [-0.2, -0.15) is 4.31 Å². The van der Waals surface area contributed by atoms with Crippen LogP contribution in [-0.4, -0.2) is 58.6 Å². The molecule has 0 amide bonds. The Bertz CT molecular complexity index is 692. The second kappa shape index (κ2) is 12.5. The third kappa shape index (κ3) is 7.20. The standard InChI is InChI=1S/C18H30N4O3S.HI/c1-3-25-14-11-20-18(19-2)21-15-16-9-5-6-10-17(16)26(23,24)22-12-7-4-8-13-22;/h5-6,9-10H,3-4,7-8,11-15H2,1-2H3,(H2,19,20,21);1H. The van der Waals surface area contributed by atoms with Gasteiger partial charge < -0.3 is 15.4 Å². The highest BCUT2D eigenvalue weighted by Gasteiger charge is 2.27. The Morgan fingerprint density at radius 1 is 1.19 bits per heavy atom. The average molecular weight is 510 g/mol. The predicted molar refractivity (Wildman–Crippen MR) is 119 cm³/mol. The van der Waals surface area contributed by atoms with Crippen LogP contribution < -0.4 is 10.6 Å². The molecule has 9 heteroatoms. The summed E-state index contributed by atoms with van der Waals surface area (Å²) in [7, 11) is -1.77. The number of guanidine groups is 1. The van der Waals surface area contributed by atoms with Crippen LogP contribution in [0.15, 0.2) is 34.2 Å². The molecule has 154 valence electrons. The van der Waals surface area contributed by atoms with Crippen molar-refractivity contribution < 1.29 is 13.2 Å². The number of halogens is 1. The van der Waals surface area contributed by atoms with Crippen LogP contribution in [0.25, 0.3) is 0 Å². The first-order chi connectivity index (χ1) is 12.6. The molecule has 0 saturated carbocycles. The van der Waals surface area contributed by atoms with Gasteiger partial charge in [0.15, 0.2) is 5.96 Å². The summed E-state index contributed by atoms with van der Waals surface area (Å²) in [5, 5.41) is 6.33. The van der Waals surface area contributed by atoms with Gasteiger partial charge in [0.05, 0.1) is 11.5 Å². The second-order valence-electron chi connectivity index (χ2n) is 6.12. The van der Waals surface area contributed by atoms with Crippen LogP contribution in [0.1, 0.15) is 31.7 Å². The van der Waals surface area contributed by atoms with Gasteiger partial charge in [-0.05, 0) is 31.4 Å². The van der Waals surface area contributed by atoms with Gasteiger partial charge in [0.2, 0.25) is 10.0 Å². The van der Waals surface area contributed by atoms with Crippen LogP contribution >= 0.6 is 24.0 Å². The smallest absolute Gasteiger partial charge is 0.243 e. The number of sulfonamides is 1. The second-order valence-corrected chi connectivity index (χ2v) is 8.03. The third-order valence-corrected chi connectivity index (χ3v) is 6.32. The number of hydrogen-bond donors (Lipinski definition) is 2. The van der Waals surface area contributed by atoms with E-state index in [0.717, 1.165) is 24.8 Å². The average Bonchev–Trinajstić information content (AvgIpc) is 2.68. The maximum Gasteiger partial charge on any atom is 0.243 e. The molecule has 1 heterocycles. The SMILES string of the molecule is CCOCCNC(=NC)NCc1ccccc1S(=O)(=O)N1CCCCC1.I. The van der Waals surface area contributed by atoms with E-state index in [1.54, 1.807) is 23.5 Å². The highest BCUT2D eigenvalue weighted by Crippen LogP contribution is 2.23. The van der Waals surface area contributed by atoms with Gasteiger partial charge in [-0.3, -0.25) is 4.99 Å². The summed E-state index contributed by atoms with van der Waals surface area (Å²) in [5.41, 5.74) is 0.742. The van der Waals surface area contributed by atoms with E-state index in [-0.39, 0.29) is 24.0 Å². The van der Waals surface area contributed by atoms with Crippen LogP contribution in [0.2, 0.25) is 0 Å². The first kappa shape index (κ1) is 24.1. The lowest BCUT2D eigenvalue weighted by molar-refractivity contribution is 0.152. The lowest BCUT2D eigenvalue weighted by Gasteiger charge is -2.27. The van der Waals surface area contributed by atoms with Gasteiger partial charge in [0, 0.05) is 39.8 Å². The van der Waals surface area contributed by atoms with E-state index in [1.807, 2.05) is 19.1 Å². The summed E-state index contributed by atoms with van der Waals surface area (Å²) in [4.78, 5) is 4.54. The van der Waals surface area contributed by atoms with Crippen molar-refractivity contribution in [1.29, 1.82) is 0 Å². The van der Waals surface area contributed by atoms with E-state index in [4.69, 9.17) is 4.74 Å². The van der Waals surface area contributed by atoms with Crippen LogP contribution in [-0.2, 0) is 21.3 Å². The zero-order chi connectivity index (χ0) is 18.8. The lowest BCUT2D eigenvalue weighted by Crippen LogP contribution is -2.39. The fourth-order valence-electron chi connectivity index (χ4n) is 2.93. The number of ether oxygens (including phenoxy) is 1. The van der Waals surface area contributed by atoms with Crippen molar-refractivity contribution in [3.05, 3.63) is 29.8 Å². The minimum Gasteiger partial charge on any atom is -0.380 e. The van der Waals surface area contributed by atoms with E-state index in [9.17, 15) is 8.42 Å². The highest BCUT2D eigenvalue weighted by atomic mass is 127. The first-order valence-electron chi connectivity index (χ1n) is 9.20. The van der Waals surface area contributed by atoms with Gasteiger partial charge in [0.1, 0.15) is 0 Å². The fraction of sp³-hybridized carbons (Fsp3) is 0.611. The fourth-order valence-corrected chi connectivity index (χ4v) is 4.67. The van der Waals surface area contributed by atoms with Crippen molar-refractivity contribution in [3.63, 3.8) is 0 Å². The van der Waals surface area contributed by atoms with E-state index in [2.05, 4.69) is 15.6 Å². The highest BCUT2D eigenvalue weighted by molar-refractivity contribution is 14.0. The monoisotopic (exact) mass is 510 g/mol. The van der Waals surface area contributed by atoms with Gasteiger partial charge in [-0.1, -0.05) is 24.6 Å². The van der Waals surface area contributed by atoms with Crippen molar-refractivity contribution in [2.75, 3.05) is 39.9 Å². The van der Waals surface area contributed by atoms with Crippen molar-refractivity contribution in [3.8, 4) is 0 Å². The summed E-state index contributed by atoms with van der Waals surface area (Å²) in [5.74, 6) is 0.620. The zero-order valence-corrected chi connectivity index (χ0v) is 19.3. The Kier molecular flexibility index (Phi) is 11.2. The molecule has 0 bridgehead atoms. The Morgan fingerprint density at radius 2 is 1.89 bits per heavy atom. The number of hydrogen-bond acceptors (Lipinski definition) is 4. The molecule has 0 aromatic heterocycles. The molecule has 1 fully saturated rings. The molecule has 2 rings (SSSR count). The molecule has 1 aliphatic heterocycles. The number of piperidine rings is 1. The number of nitrogens with one attached hydrogen (secondary N) is 2. The number of benzene rings is 1. The Hall–Kier alpha value is -0.910. The molecule has 1 saturated heterocycles. The predicted octanol–water partition coefficient (Wildman–Crippen LogP) is 2.18. The number of aliphatic imine (C=N–C) groups is 1. The molecule has 0 atom stereocenters. The summed E-state index contributed by atoms with van der Waals surface area (Å²) in [6, 6.07) is 7.16. The van der Waals surface area contributed by atoms with E-state index >= 15 is 0 Å². The maximum absolute atomic E-state index is 13.0. The molecular formula is C18H31IN4O3S. The van der Waals surface area contributed by atoms with Crippen LogP contribution in [0.5, 0.6) is 0 Å². The minimum atomic E-state index is -3.46. The van der Waals surface area contributed by atoms with Crippen molar-refractivity contribution >= 4 is 40.0 Å². The normalized spacial score (nSPS) is 15.9. The molecule has 2 N–H and O–H groups in total. The minimum absolute atomic E-state index is 0.